The van der Waals surface area contributed by atoms with Crippen molar-refractivity contribution in [1.29, 1.82) is 0 Å². The Bertz CT molecular complexity index is 995. The zero-order chi connectivity index (χ0) is 21.1. The zero-order valence-corrected chi connectivity index (χ0v) is 18.0. The number of ketones is 1. The van der Waals surface area contributed by atoms with Gasteiger partial charge in [-0.3, -0.25) is 4.79 Å². The van der Waals surface area contributed by atoms with E-state index in [1.807, 2.05) is 13.1 Å². The molecule has 0 aliphatic heterocycles. The Balaban J connectivity index is 1.68. The molecule has 5 rings (SSSR count). The Labute approximate surface area is 179 Å². The Kier molecular flexibility index (Phi) is 4.49. The van der Waals surface area contributed by atoms with Crippen LogP contribution in [-0.2, 0) is 4.79 Å². The molecule has 0 amide bonds. The van der Waals surface area contributed by atoms with E-state index in [9.17, 15) is 9.90 Å². The maximum absolute atomic E-state index is 12.1. The van der Waals surface area contributed by atoms with E-state index in [-0.39, 0.29) is 17.1 Å². The molecular weight excluding hydrogens is 370 g/mol. The molecule has 3 heteroatoms. The zero-order valence-electron chi connectivity index (χ0n) is 18.0. The van der Waals surface area contributed by atoms with Gasteiger partial charge in [0.05, 0.1) is 0 Å². The summed E-state index contributed by atoms with van der Waals surface area (Å²) >= 11 is 0. The van der Waals surface area contributed by atoms with Gasteiger partial charge in [-0.05, 0) is 85.3 Å². The van der Waals surface area contributed by atoms with Crippen LogP contribution in [0.3, 0.4) is 0 Å². The molecule has 1 aromatic rings. The second-order valence-corrected chi connectivity index (χ2v) is 9.91. The second-order valence-electron chi connectivity index (χ2n) is 9.91. The van der Waals surface area contributed by atoms with Gasteiger partial charge in [0.25, 0.3) is 0 Å². The highest BCUT2D eigenvalue weighted by molar-refractivity contribution is 5.93. The van der Waals surface area contributed by atoms with Crippen LogP contribution in [0.25, 0.3) is 0 Å². The molecule has 156 valence electrons. The van der Waals surface area contributed by atoms with Crippen molar-refractivity contribution >= 4 is 11.5 Å². The molecule has 4 aliphatic rings. The average molecular weight is 402 g/mol. The lowest BCUT2D eigenvalue weighted by Gasteiger charge is -2.53. The number of nitrogens with one attached hydrogen (secondary N) is 1. The lowest BCUT2D eigenvalue weighted by atomic mass is 9.51. The SMILES string of the molecule is C#C[C@@]1(O)CC[C@H]2[C@@H]3CCC4=CC(=O)CCC4=C3[C@@H](c3ccc(NC)cc3)C[C@@]21C. The number of allylic oxidation sites excluding steroid dienone is 4. The highest BCUT2D eigenvalue weighted by Crippen LogP contribution is 2.66. The normalized spacial score (nSPS) is 37.6. The molecule has 1 aromatic carbocycles. The third-order valence-electron chi connectivity index (χ3n) is 8.73. The topological polar surface area (TPSA) is 49.3 Å². The summed E-state index contributed by atoms with van der Waals surface area (Å²) in [7, 11) is 1.94. The van der Waals surface area contributed by atoms with E-state index in [1.54, 1.807) is 5.57 Å². The van der Waals surface area contributed by atoms with Crippen molar-refractivity contribution in [3.05, 3.63) is 52.6 Å². The van der Waals surface area contributed by atoms with Crippen molar-refractivity contribution in [3.8, 4) is 12.3 Å². The number of carbonyl (C=O) groups excluding carboxylic acids is 1. The van der Waals surface area contributed by atoms with Crippen LogP contribution in [0.15, 0.2) is 47.1 Å². The van der Waals surface area contributed by atoms with Crippen LogP contribution in [0.4, 0.5) is 5.69 Å². The highest BCUT2D eigenvalue weighted by Gasteiger charge is 2.62. The summed E-state index contributed by atoms with van der Waals surface area (Å²) in [5.74, 6) is 4.17. The molecule has 0 spiro atoms. The monoisotopic (exact) mass is 401 g/mol. The van der Waals surface area contributed by atoms with Crippen LogP contribution < -0.4 is 5.32 Å². The van der Waals surface area contributed by atoms with E-state index in [0.29, 0.717) is 24.7 Å². The number of aliphatic hydroxyl groups is 1. The van der Waals surface area contributed by atoms with Crippen LogP contribution in [0.5, 0.6) is 0 Å². The third kappa shape index (κ3) is 2.66. The van der Waals surface area contributed by atoms with Gasteiger partial charge in [0.15, 0.2) is 5.78 Å². The summed E-state index contributed by atoms with van der Waals surface area (Å²) in [6.07, 6.45) is 13.9. The minimum absolute atomic E-state index is 0.243. The van der Waals surface area contributed by atoms with Gasteiger partial charge in [0.1, 0.15) is 5.60 Å². The lowest BCUT2D eigenvalue weighted by molar-refractivity contribution is -0.114. The van der Waals surface area contributed by atoms with Gasteiger partial charge in [-0.25, -0.2) is 0 Å². The van der Waals surface area contributed by atoms with E-state index in [4.69, 9.17) is 6.42 Å². The van der Waals surface area contributed by atoms with Crippen LogP contribution in [0.1, 0.15) is 63.4 Å². The number of hydrogen-bond acceptors (Lipinski definition) is 3. The number of carbonyl (C=O) groups is 1. The molecule has 0 bridgehead atoms. The minimum atomic E-state index is -1.03. The molecule has 2 fully saturated rings. The minimum Gasteiger partial charge on any atom is -0.388 e. The van der Waals surface area contributed by atoms with E-state index in [0.717, 1.165) is 37.8 Å². The summed E-state index contributed by atoms with van der Waals surface area (Å²) in [5, 5.41) is 14.6. The van der Waals surface area contributed by atoms with Crippen molar-refractivity contribution in [2.24, 2.45) is 17.3 Å². The van der Waals surface area contributed by atoms with Crippen molar-refractivity contribution in [3.63, 3.8) is 0 Å². The first-order chi connectivity index (χ1) is 14.4. The molecule has 5 atom stereocenters. The second kappa shape index (κ2) is 6.86. The van der Waals surface area contributed by atoms with Gasteiger partial charge >= 0.3 is 0 Å². The van der Waals surface area contributed by atoms with E-state index in [1.165, 1.54) is 16.7 Å². The molecular formula is C27H31NO2. The first-order valence-corrected chi connectivity index (χ1v) is 11.3. The Morgan fingerprint density at radius 2 is 1.93 bits per heavy atom. The summed E-state index contributed by atoms with van der Waals surface area (Å²) in [5.41, 5.74) is 5.33. The van der Waals surface area contributed by atoms with Gasteiger partial charge in [-0.15, -0.1) is 6.42 Å². The average Bonchev–Trinajstić information content (AvgIpc) is 3.04. The maximum atomic E-state index is 12.1. The first kappa shape index (κ1) is 19.6. The van der Waals surface area contributed by atoms with Crippen molar-refractivity contribution < 1.29 is 9.90 Å². The fourth-order valence-electron chi connectivity index (χ4n) is 7.08. The van der Waals surface area contributed by atoms with Crippen molar-refractivity contribution in [2.75, 3.05) is 12.4 Å². The van der Waals surface area contributed by atoms with Gasteiger partial charge in [-0.1, -0.05) is 30.6 Å². The molecule has 0 unspecified atom stereocenters. The molecule has 3 nitrogen and oxygen atoms in total. The molecule has 4 aliphatic carbocycles. The number of anilines is 1. The Morgan fingerprint density at radius 3 is 2.63 bits per heavy atom. The quantitative estimate of drug-likeness (QED) is 0.686. The third-order valence-corrected chi connectivity index (χ3v) is 8.73. The van der Waals surface area contributed by atoms with Gasteiger partial charge in [0, 0.05) is 30.5 Å². The van der Waals surface area contributed by atoms with Crippen LogP contribution in [-0.4, -0.2) is 23.5 Å². The summed E-state index contributed by atoms with van der Waals surface area (Å²) in [6.45, 7) is 2.23. The molecule has 2 N–H and O–H groups in total. The van der Waals surface area contributed by atoms with E-state index >= 15 is 0 Å². The van der Waals surface area contributed by atoms with Crippen molar-refractivity contribution in [2.45, 2.75) is 63.4 Å². The first-order valence-electron chi connectivity index (χ1n) is 11.3. The summed E-state index contributed by atoms with van der Waals surface area (Å²) < 4.78 is 0. The summed E-state index contributed by atoms with van der Waals surface area (Å²) in [6, 6.07) is 8.72. The molecule has 0 saturated heterocycles. The van der Waals surface area contributed by atoms with Crippen LogP contribution in [0.2, 0.25) is 0 Å². The van der Waals surface area contributed by atoms with Gasteiger partial charge in [-0.2, -0.15) is 0 Å². The standard InChI is InChI=1S/C27H31NO2/c1-4-27(30)14-13-24-22-11-7-18-15-20(29)10-12-21(18)25(22)23(16-26(24,27)2)17-5-8-19(28-3)9-6-17/h1,5-6,8-9,15,22-24,28,30H,7,10-14,16H2,2-3H3/t22-,23+,24-,26-,27+/m0/s1. The van der Waals surface area contributed by atoms with Crippen LogP contribution >= 0.6 is 0 Å². The highest BCUT2D eigenvalue weighted by atomic mass is 16.3. The van der Waals surface area contributed by atoms with Crippen LogP contribution in [0, 0.1) is 29.6 Å². The van der Waals surface area contributed by atoms with Crippen molar-refractivity contribution in [1.82, 2.24) is 0 Å². The lowest BCUT2D eigenvalue weighted by Crippen LogP contribution is -2.50. The number of benzene rings is 1. The number of hydrogen-bond donors (Lipinski definition) is 2. The molecule has 0 heterocycles. The fourth-order valence-corrected chi connectivity index (χ4v) is 7.08. The predicted molar refractivity (Wildman–Crippen MR) is 120 cm³/mol. The van der Waals surface area contributed by atoms with E-state index in [2.05, 4.69) is 42.4 Å². The molecule has 30 heavy (non-hydrogen) atoms. The smallest absolute Gasteiger partial charge is 0.156 e. The Morgan fingerprint density at radius 1 is 1.17 bits per heavy atom. The number of terminal acetylenes is 1. The fraction of sp³-hybridized carbons (Fsp3) is 0.519. The maximum Gasteiger partial charge on any atom is 0.156 e. The molecule has 0 aromatic heterocycles. The number of fused-ring (bicyclic) bond motifs is 4. The molecule has 0 radical (unpaired) electrons. The summed E-state index contributed by atoms with van der Waals surface area (Å²) in [4.78, 5) is 12.1. The molecule has 2 saturated carbocycles. The predicted octanol–water partition coefficient (Wildman–Crippen LogP) is 4.99. The largest absolute Gasteiger partial charge is 0.388 e. The number of rotatable bonds is 2. The van der Waals surface area contributed by atoms with Gasteiger partial charge < -0.3 is 10.4 Å². The van der Waals surface area contributed by atoms with E-state index < -0.39 is 5.60 Å². The van der Waals surface area contributed by atoms with Gasteiger partial charge in [0.2, 0.25) is 0 Å². The Hall–Kier alpha value is -2.31.